The van der Waals surface area contributed by atoms with E-state index >= 15 is 0 Å². The third-order valence-corrected chi connectivity index (χ3v) is 6.38. The monoisotopic (exact) mass is 474 g/mol. The van der Waals surface area contributed by atoms with Crippen LogP contribution in [0.1, 0.15) is 25.5 Å². The van der Waals surface area contributed by atoms with Crippen LogP contribution in [0.5, 0.6) is 0 Å². The summed E-state index contributed by atoms with van der Waals surface area (Å²) < 4.78 is 20.9. The highest BCUT2D eigenvalue weighted by molar-refractivity contribution is 7.99. The number of nitrogens with one attached hydrogen (secondary N) is 1. The Morgan fingerprint density at radius 3 is 2.82 bits per heavy atom. The fourth-order valence-electron chi connectivity index (χ4n) is 3.58. The average Bonchev–Trinajstić information content (AvgIpc) is 3.44. The molecule has 2 aromatic heterocycles. The number of nitro benzene ring substituents is 1. The highest BCUT2D eigenvalue weighted by atomic mass is 32.2. The molecule has 0 saturated carbocycles. The van der Waals surface area contributed by atoms with E-state index in [1.807, 2.05) is 16.7 Å². The van der Waals surface area contributed by atoms with E-state index < -0.39 is 22.3 Å². The molecular weight excluding hydrogens is 451 g/mol. The van der Waals surface area contributed by atoms with Gasteiger partial charge in [0, 0.05) is 24.8 Å². The minimum absolute atomic E-state index is 0.00149. The Morgan fingerprint density at radius 1 is 1.33 bits per heavy atom. The fourth-order valence-corrected chi connectivity index (χ4v) is 4.32. The smallest absolute Gasteiger partial charge is 0.306 e. The van der Waals surface area contributed by atoms with Crippen LogP contribution in [0.3, 0.4) is 0 Å². The lowest BCUT2D eigenvalue weighted by atomic mass is 10.00. The topological polar surface area (TPSA) is 119 Å². The molecule has 1 N–H and O–H groups in total. The van der Waals surface area contributed by atoms with Crippen molar-refractivity contribution in [1.82, 2.24) is 14.8 Å². The lowest BCUT2D eigenvalue weighted by Crippen LogP contribution is -2.35. The van der Waals surface area contributed by atoms with Crippen LogP contribution in [0.2, 0.25) is 0 Å². The Hall–Kier alpha value is -3.41. The number of rotatable bonds is 8. The molecule has 1 fully saturated rings. The number of halogens is 1. The van der Waals surface area contributed by atoms with Gasteiger partial charge in [-0.2, -0.15) is 4.39 Å². The van der Waals surface area contributed by atoms with Crippen LogP contribution >= 0.6 is 11.8 Å². The summed E-state index contributed by atoms with van der Waals surface area (Å²) in [4.78, 5) is 24.7. The molecule has 1 aliphatic rings. The Morgan fingerprint density at radius 2 is 2.12 bits per heavy atom. The second kappa shape index (κ2) is 10.0. The van der Waals surface area contributed by atoms with Crippen molar-refractivity contribution in [1.29, 1.82) is 0 Å². The molecule has 0 unspecified atom stereocenters. The van der Waals surface area contributed by atoms with Crippen molar-refractivity contribution in [2.75, 3.05) is 29.1 Å². The standard InChI is InChI=1S/C21H23FN6O4S/c1-14-6-8-26(9-7-14)20-24-25-21(27(20)12-16-3-2-10-32-16)33-13-19(29)23-15-4-5-17(22)18(11-15)28(30)31/h2-5,10-11,14H,6-9,12-13H2,1H3,(H,23,29). The second-order valence-electron chi connectivity index (χ2n) is 7.88. The van der Waals surface area contributed by atoms with Gasteiger partial charge >= 0.3 is 5.69 Å². The van der Waals surface area contributed by atoms with E-state index in [1.165, 1.54) is 17.8 Å². The molecule has 4 rings (SSSR count). The van der Waals surface area contributed by atoms with Gasteiger partial charge in [-0.3, -0.25) is 19.5 Å². The van der Waals surface area contributed by atoms with Crippen molar-refractivity contribution in [2.45, 2.75) is 31.5 Å². The third kappa shape index (κ3) is 5.51. The molecule has 0 radical (unpaired) electrons. The molecule has 0 bridgehead atoms. The lowest BCUT2D eigenvalue weighted by molar-refractivity contribution is -0.387. The third-order valence-electron chi connectivity index (χ3n) is 5.42. The summed E-state index contributed by atoms with van der Waals surface area (Å²) in [6.07, 6.45) is 3.74. The first-order valence-corrected chi connectivity index (χ1v) is 11.5. The van der Waals surface area contributed by atoms with Crippen LogP contribution in [0.15, 0.2) is 46.2 Å². The predicted molar refractivity (Wildman–Crippen MR) is 121 cm³/mol. The second-order valence-corrected chi connectivity index (χ2v) is 8.82. The van der Waals surface area contributed by atoms with Crippen molar-refractivity contribution in [3.63, 3.8) is 0 Å². The van der Waals surface area contributed by atoms with E-state index in [1.54, 1.807) is 6.26 Å². The number of benzene rings is 1. The molecule has 0 aliphatic carbocycles. The number of furan rings is 1. The van der Waals surface area contributed by atoms with Gasteiger partial charge in [-0.25, -0.2) is 0 Å². The van der Waals surface area contributed by atoms with Crippen molar-refractivity contribution in [3.05, 3.63) is 58.3 Å². The molecule has 1 amide bonds. The van der Waals surface area contributed by atoms with Crippen LogP contribution in [0, 0.1) is 21.8 Å². The summed E-state index contributed by atoms with van der Waals surface area (Å²) in [5.41, 5.74) is -0.548. The number of anilines is 2. The molecule has 3 heterocycles. The zero-order valence-corrected chi connectivity index (χ0v) is 18.8. The summed E-state index contributed by atoms with van der Waals surface area (Å²) in [5, 5.41) is 22.7. The fraction of sp³-hybridized carbons (Fsp3) is 0.381. The van der Waals surface area contributed by atoms with Gasteiger partial charge in [0.2, 0.25) is 17.7 Å². The first-order valence-electron chi connectivity index (χ1n) is 10.5. The Balaban J connectivity index is 1.46. The molecule has 1 aromatic carbocycles. The van der Waals surface area contributed by atoms with E-state index in [-0.39, 0.29) is 11.4 Å². The molecular formula is C21H23FN6O4S. The number of nitrogens with zero attached hydrogens (tertiary/aromatic N) is 5. The Bertz CT molecular complexity index is 1130. The van der Waals surface area contributed by atoms with Crippen LogP contribution < -0.4 is 10.2 Å². The van der Waals surface area contributed by atoms with Crippen LogP contribution in [0.4, 0.5) is 21.7 Å². The zero-order chi connectivity index (χ0) is 23.4. The van der Waals surface area contributed by atoms with Crippen molar-refractivity contribution in [3.8, 4) is 0 Å². The SMILES string of the molecule is CC1CCN(c2nnc(SCC(=O)Nc3ccc(F)c([N+](=O)[O-])c3)n2Cc2ccco2)CC1. The number of carbonyl (C=O) groups is 1. The van der Waals surface area contributed by atoms with E-state index in [9.17, 15) is 19.3 Å². The van der Waals surface area contributed by atoms with Gasteiger partial charge in [-0.1, -0.05) is 18.7 Å². The summed E-state index contributed by atoms with van der Waals surface area (Å²) in [6, 6.07) is 6.90. The first kappa shape index (κ1) is 22.8. The van der Waals surface area contributed by atoms with Crippen LogP contribution in [0.25, 0.3) is 0 Å². The minimum Gasteiger partial charge on any atom is -0.467 e. The average molecular weight is 475 g/mol. The van der Waals surface area contributed by atoms with Gasteiger partial charge in [0.25, 0.3) is 0 Å². The normalized spacial score (nSPS) is 14.4. The highest BCUT2D eigenvalue weighted by Gasteiger charge is 2.24. The molecule has 3 aromatic rings. The summed E-state index contributed by atoms with van der Waals surface area (Å²) in [6.45, 7) is 4.42. The number of carbonyl (C=O) groups excluding carboxylic acids is 1. The van der Waals surface area contributed by atoms with E-state index in [2.05, 4.69) is 27.3 Å². The molecule has 0 atom stereocenters. The van der Waals surface area contributed by atoms with Gasteiger partial charge < -0.3 is 14.6 Å². The quantitative estimate of drug-likeness (QED) is 0.296. The minimum atomic E-state index is -0.960. The van der Waals surface area contributed by atoms with Crippen LogP contribution in [-0.2, 0) is 11.3 Å². The van der Waals surface area contributed by atoms with Crippen molar-refractivity contribution in [2.24, 2.45) is 5.92 Å². The Kier molecular flexibility index (Phi) is 6.92. The Labute approximate surface area is 193 Å². The first-order chi connectivity index (χ1) is 15.9. The molecule has 1 aliphatic heterocycles. The maximum atomic E-state index is 13.5. The van der Waals surface area contributed by atoms with Gasteiger partial charge in [0.15, 0.2) is 5.16 Å². The lowest BCUT2D eigenvalue weighted by Gasteiger charge is -2.31. The van der Waals surface area contributed by atoms with Crippen molar-refractivity contribution < 1.29 is 18.5 Å². The van der Waals surface area contributed by atoms with Gasteiger partial charge in [0.1, 0.15) is 5.76 Å². The largest absolute Gasteiger partial charge is 0.467 e. The number of aromatic nitrogens is 3. The number of piperidine rings is 1. The molecule has 0 spiro atoms. The predicted octanol–water partition coefficient (Wildman–Crippen LogP) is 3.93. The van der Waals surface area contributed by atoms with Gasteiger partial charge in [-0.15, -0.1) is 10.2 Å². The van der Waals surface area contributed by atoms with E-state index in [4.69, 9.17) is 4.42 Å². The maximum absolute atomic E-state index is 13.5. The number of nitro groups is 1. The molecule has 174 valence electrons. The van der Waals surface area contributed by atoms with Crippen LogP contribution in [-0.4, -0.2) is 44.4 Å². The molecule has 12 heteroatoms. The van der Waals surface area contributed by atoms with Gasteiger partial charge in [0.05, 0.1) is 23.5 Å². The van der Waals surface area contributed by atoms with E-state index in [0.29, 0.717) is 17.6 Å². The molecule has 10 nitrogen and oxygen atoms in total. The van der Waals surface area contributed by atoms with E-state index in [0.717, 1.165) is 49.8 Å². The number of hydrogen-bond donors (Lipinski definition) is 1. The molecule has 33 heavy (non-hydrogen) atoms. The summed E-state index contributed by atoms with van der Waals surface area (Å²) >= 11 is 1.20. The van der Waals surface area contributed by atoms with Gasteiger partial charge in [-0.05, 0) is 43.0 Å². The summed E-state index contributed by atoms with van der Waals surface area (Å²) in [5.74, 6) is 0.780. The highest BCUT2D eigenvalue weighted by Crippen LogP contribution is 2.27. The number of thioether (sulfide) groups is 1. The summed E-state index contributed by atoms with van der Waals surface area (Å²) in [7, 11) is 0. The number of amides is 1. The zero-order valence-electron chi connectivity index (χ0n) is 17.9. The number of hydrogen-bond acceptors (Lipinski definition) is 8. The van der Waals surface area contributed by atoms with Crippen molar-refractivity contribution >= 4 is 35.0 Å². The molecule has 1 saturated heterocycles. The maximum Gasteiger partial charge on any atom is 0.306 e.